The van der Waals surface area contributed by atoms with Crippen LogP contribution in [0.1, 0.15) is 51.6 Å². The second kappa shape index (κ2) is 5.66. The summed E-state index contributed by atoms with van der Waals surface area (Å²) in [6.07, 6.45) is 3.33. The van der Waals surface area contributed by atoms with Gasteiger partial charge < -0.3 is 5.32 Å². The largest absolute Gasteiger partial charge is 0.349 e. The first-order valence-corrected chi connectivity index (χ1v) is 7.75. The lowest BCUT2D eigenvalue weighted by molar-refractivity contribution is -0.128. The zero-order valence-corrected chi connectivity index (χ0v) is 13.5. The van der Waals surface area contributed by atoms with Gasteiger partial charge in [-0.3, -0.25) is 4.79 Å². The third-order valence-electron chi connectivity index (χ3n) is 4.28. The molecule has 1 N–H and O–H groups in total. The Kier molecular flexibility index (Phi) is 4.34. The van der Waals surface area contributed by atoms with Crippen molar-refractivity contribution in [1.29, 1.82) is 0 Å². The molecule has 2 unspecified atom stereocenters. The Bertz CT molecular complexity index is 470. The van der Waals surface area contributed by atoms with Crippen LogP contribution in [0.4, 0.5) is 0 Å². The van der Waals surface area contributed by atoms with Gasteiger partial charge in [-0.2, -0.15) is 0 Å². The molecule has 0 bridgehead atoms. The van der Waals surface area contributed by atoms with E-state index in [4.69, 9.17) is 0 Å². The summed E-state index contributed by atoms with van der Waals surface area (Å²) >= 11 is 3.47. The van der Waals surface area contributed by atoms with E-state index in [0.29, 0.717) is 0 Å². The Labute approximate surface area is 124 Å². The predicted octanol–water partition coefficient (Wildman–Crippen LogP) is 4.45. The summed E-state index contributed by atoms with van der Waals surface area (Å²) < 4.78 is 1.05. The monoisotopic (exact) mass is 323 g/mol. The van der Waals surface area contributed by atoms with Gasteiger partial charge in [0.25, 0.3) is 0 Å². The molecule has 1 saturated carbocycles. The third kappa shape index (κ3) is 3.38. The van der Waals surface area contributed by atoms with Crippen molar-refractivity contribution < 1.29 is 4.79 Å². The molecule has 0 aromatic heterocycles. The van der Waals surface area contributed by atoms with Crippen molar-refractivity contribution in [3.05, 3.63) is 34.3 Å². The average molecular weight is 324 g/mol. The van der Waals surface area contributed by atoms with E-state index in [0.717, 1.165) is 29.3 Å². The summed E-state index contributed by atoms with van der Waals surface area (Å²) in [4.78, 5) is 12.4. The van der Waals surface area contributed by atoms with Crippen LogP contribution in [0.15, 0.2) is 28.7 Å². The number of rotatable bonds is 3. The molecule has 2 atom stereocenters. The summed E-state index contributed by atoms with van der Waals surface area (Å²) in [5, 5.41) is 3.16. The summed E-state index contributed by atoms with van der Waals surface area (Å²) in [6, 6.07) is 8.17. The fourth-order valence-electron chi connectivity index (χ4n) is 2.99. The van der Waals surface area contributed by atoms with Crippen LogP contribution >= 0.6 is 15.9 Å². The van der Waals surface area contributed by atoms with Gasteiger partial charge in [0.2, 0.25) is 5.91 Å². The number of benzene rings is 1. The first kappa shape index (κ1) is 14.6. The fraction of sp³-hybridized carbons (Fsp3) is 0.562. The first-order valence-electron chi connectivity index (χ1n) is 6.96. The second-order valence-corrected chi connectivity index (χ2v) is 7.13. The molecular weight excluding hydrogens is 302 g/mol. The molecule has 0 spiro atoms. The van der Waals surface area contributed by atoms with Gasteiger partial charge in [0, 0.05) is 10.4 Å². The molecule has 0 heterocycles. The van der Waals surface area contributed by atoms with Crippen LogP contribution in [0.5, 0.6) is 0 Å². The van der Waals surface area contributed by atoms with Crippen molar-refractivity contribution in [2.45, 2.75) is 46.1 Å². The van der Waals surface area contributed by atoms with E-state index >= 15 is 0 Å². The Morgan fingerprint density at radius 2 is 2.21 bits per heavy atom. The Hall–Kier alpha value is -0.830. The lowest BCUT2D eigenvalue weighted by atomic mass is 9.81. The Balaban J connectivity index is 2.03. The maximum absolute atomic E-state index is 12.4. The van der Waals surface area contributed by atoms with Crippen LogP contribution in [0.25, 0.3) is 0 Å². The molecular formula is C16H22BrNO. The smallest absolute Gasteiger partial charge is 0.224 e. The van der Waals surface area contributed by atoms with Gasteiger partial charge in [0.15, 0.2) is 0 Å². The molecule has 0 aliphatic heterocycles. The first-order chi connectivity index (χ1) is 8.90. The van der Waals surface area contributed by atoms with E-state index in [1.807, 2.05) is 19.1 Å². The Morgan fingerprint density at radius 1 is 1.47 bits per heavy atom. The molecule has 1 amide bonds. The van der Waals surface area contributed by atoms with Crippen molar-refractivity contribution >= 4 is 21.8 Å². The van der Waals surface area contributed by atoms with Gasteiger partial charge in [-0.15, -0.1) is 0 Å². The number of hydrogen-bond acceptors (Lipinski definition) is 1. The molecule has 0 radical (unpaired) electrons. The van der Waals surface area contributed by atoms with E-state index in [9.17, 15) is 4.79 Å². The molecule has 0 saturated heterocycles. The summed E-state index contributed by atoms with van der Waals surface area (Å²) in [7, 11) is 0. The lowest BCUT2D eigenvalue weighted by Gasteiger charge is -2.27. The average Bonchev–Trinajstić information content (AvgIpc) is 2.69. The van der Waals surface area contributed by atoms with Crippen molar-refractivity contribution in [2.24, 2.45) is 11.3 Å². The number of amides is 1. The van der Waals surface area contributed by atoms with E-state index in [1.54, 1.807) is 0 Å². The van der Waals surface area contributed by atoms with Crippen LogP contribution in [-0.2, 0) is 4.79 Å². The van der Waals surface area contributed by atoms with Crippen LogP contribution < -0.4 is 5.32 Å². The highest BCUT2D eigenvalue weighted by Gasteiger charge is 2.39. The van der Waals surface area contributed by atoms with E-state index in [1.165, 1.54) is 0 Å². The van der Waals surface area contributed by atoms with Crippen LogP contribution in [0, 0.1) is 11.3 Å². The number of hydrogen-bond donors (Lipinski definition) is 1. The topological polar surface area (TPSA) is 29.1 Å². The van der Waals surface area contributed by atoms with Gasteiger partial charge in [0.1, 0.15) is 0 Å². The van der Waals surface area contributed by atoms with Gasteiger partial charge >= 0.3 is 0 Å². The minimum absolute atomic E-state index is 0.0569. The second-order valence-electron chi connectivity index (χ2n) is 6.22. The van der Waals surface area contributed by atoms with E-state index in [2.05, 4.69) is 47.2 Å². The van der Waals surface area contributed by atoms with Gasteiger partial charge in [-0.05, 0) is 42.9 Å². The predicted molar refractivity (Wildman–Crippen MR) is 81.8 cm³/mol. The molecule has 1 aromatic rings. The summed E-state index contributed by atoms with van der Waals surface area (Å²) in [5.74, 6) is 0.358. The number of nitrogens with one attached hydrogen (secondary N) is 1. The SMILES string of the molecule is CC(NC(=O)C1CCCC1(C)C)c1cccc(Br)c1. The maximum atomic E-state index is 12.4. The van der Waals surface area contributed by atoms with Crippen LogP contribution in [0.3, 0.4) is 0 Å². The number of halogens is 1. The minimum Gasteiger partial charge on any atom is -0.349 e. The quantitative estimate of drug-likeness (QED) is 0.874. The van der Waals surface area contributed by atoms with Crippen molar-refractivity contribution in [1.82, 2.24) is 5.32 Å². The molecule has 2 rings (SSSR count). The molecule has 1 aliphatic carbocycles. The molecule has 1 aliphatic rings. The Morgan fingerprint density at radius 3 is 2.79 bits per heavy atom. The maximum Gasteiger partial charge on any atom is 0.224 e. The molecule has 1 fully saturated rings. The summed E-state index contributed by atoms with van der Waals surface area (Å²) in [5.41, 5.74) is 1.28. The molecule has 104 valence electrons. The van der Waals surface area contributed by atoms with E-state index in [-0.39, 0.29) is 23.3 Å². The fourth-order valence-corrected chi connectivity index (χ4v) is 3.40. The normalized spacial score (nSPS) is 23.1. The molecule has 1 aromatic carbocycles. The zero-order chi connectivity index (χ0) is 14.0. The minimum atomic E-state index is 0.0569. The molecule has 3 heteroatoms. The van der Waals surface area contributed by atoms with Crippen molar-refractivity contribution in [2.75, 3.05) is 0 Å². The van der Waals surface area contributed by atoms with Gasteiger partial charge in [0.05, 0.1) is 6.04 Å². The van der Waals surface area contributed by atoms with Crippen LogP contribution in [-0.4, -0.2) is 5.91 Å². The lowest BCUT2D eigenvalue weighted by Crippen LogP contribution is -2.37. The third-order valence-corrected chi connectivity index (χ3v) is 4.77. The molecule has 19 heavy (non-hydrogen) atoms. The van der Waals surface area contributed by atoms with Crippen molar-refractivity contribution in [3.63, 3.8) is 0 Å². The van der Waals surface area contributed by atoms with Crippen LogP contribution in [0.2, 0.25) is 0 Å². The highest BCUT2D eigenvalue weighted by Crippen LogP contribution is 2.42. The number of carbonyl (C=O) groups is 1. The standard InChI is InChI=1S/C16H22BrNO/c1-11(12-6-4-7-13(17)10-12)18-15(19)14-8-5-9-16(14,2)3/h4,6-7,10-11,14H,5,8-9H2,1-3H3,(H,18,19). The number of carbonyl (C=O) groups excluding carboxylic acids is 1. The summed E-state index contributed by atoms with van der Waals surface area (Å²) in [6.45, 7) is 6.45. The molecule has 2 nitrogen and oxygen atoms in total. The highest BCUT2D eigenvalue weighted by molar-refractivity contribution is 9.10. The van der Waals surface area contributed by atoms with Gasteiger partial charge in [-0.1, -0.05) is 48.3 Å². The highest BCUT2D eigenvalue weighted by atomic mass is 79.9. The zero-order valence-electron chi connectivity index (χ0n) is 11.9. The van der Waals surface area contributed by atoms with Crippen molar-refractivity contribution in [3.8, 4) is 0 Å². The van der Waals surface area contributed by atoms with E-state index < -0.39 is 0 Å². The van der Waals surface area contributed by atoms with Gasteiger partial charge in [-0.25, -0.2) is 0 Å².